The van der Waals surface area contributed by atoms with E-state index < -0.39 is 75.7 Å². The topological polar surface area (TPSA) is 210 Å². The molecule has 0 aromatic rings. The second kappa shape index (κ2) is 29.0. The molecular formula is C37H69O13P. The number of aliphatic hydroxyl groups excluding tert-OH is 5. The van der Waals surface area contributed by atoms with Crippen molar-refractivity contribution in [3.8, 4) is 0 Å². The second-order valence-electron chi connectivity index (χ2n) is 13.8. The molecule has 8 atom stereocenters. The van der Waals surface area contributed by atoms with E-state index in [1.165, 1.54) is 44.9 Å². The monoisotopic (exact) mass is 752 g/mol. The van der Waals surface area contributed by atoms with E-state index in [4.69, 9.17) is 18.5 Å². The van der Waals surface area contributed by atoms with Crippen LogP contribution in [0.3, 0.4) is 0 Å². The average Bonchev–Trinajstić information content (AvgIpc) is 3.10. The van der Waals surface area contributed by atoms with Crippen molar-refractivity contribution in [3.05, 3.63) is 12.2 Å². The Morgan fingerprint density at radius 1 is 0.588 bits per heavy atom. The summed E-state index contributed by atoms with van der Waals surface area (Å²) in [5.41, 5.74) is 0. The lowest BCUT2D eigenvalue weighted by Gasteiger charge is -2.41. The number of phosphoric ester groups is 1. The lowest BCUT2D eigenvalue weighted by atomic mass is 9.85. The van der Waals surface area contributed by atoms with Crippen LogP contribution in [-0.4, -0.2) is 98.3 Å². The maximum atomic E-state index is 12.7. The first-order valence-corrected chi connectivity index (χ1v) is 21.0. The zero-order valence-electron chi connectivity index (χ0n) is 31.2. The van der Waals surface area contributed by atoms with Crippen molar-refractivity contribution in [2.45, 2.75) is 198 Å². The molecule has 0 aliphatic heterocycles. The van der Waals surface area contributed by atoms with E-state index in [1.807, 2.05) is 0 Å². The molecule has 0 aromatic carbocycles. The molecule has 1 fully saturated rings. The molecule has 0 radical (unpaired) electrons. The highest BCUT2D eigenvalue weighted by atomic mass is 31.2. The number of ether oxygens (including phenoxy) is 2. The van der Waals surface area contributed by atoms with Crippen molar-refractivity contribution in [1.82, 2.24) is 0 Å². The van der Waals surface area contributed by atoms with Crippen LogP contribution in [0.25, 0.3) is 0 Å². The van der Waals surface area contributed by atoms with Crippen LogP contribution in [0.4, 0.5) is 0 Å². The number of hydrogen-bond donors (Lipinski definition) is 6. The van der Waals surface area contributed by atoms with E-state index >= 15 is 0 Å². The number of unbranched alkanes of at least 4 members (excludes halogenated alkanes) is 17. The van der Waals surface area contributed by atoms with Crippen LogP contribution < -0.4 is 0 Å². The van der Waals surface area contributed by atoms with Crippen LogP contribution in [0.5, 0.6) is 0 Å². The number of aliphatic hydroxyl groups is 5. The number of phosphoric acid groups is 1. The Morgan fingerprint density at radius 3 is 1.51 bits per heavy atom. The molecule has 1 aliphatic carbocycles. The van der Waals surface area contributed by atoms with Crippen LogP contribution in [-0.2, 0) is 32.7 Å². The van der Waals surface area contributed by atoms with Crippen molar-refractivity contribution in [1.29, 1.82) is 0 Å². The van der Waals surface area contributed by atoms with Gasteiger partial charge in [-0.25, -0.2) is 4.57 Å². The molecule has 0 amide bonds. The summed E-state index contributed by atoms with van der Waals surface area (Å²) in [6.07, 6.45) is 13.1. The van der Waals surface area contributed by atoms with Crippen molar-refractivity contribution < 1.29 is 63.1 Å². The van der Waals surface area contributed by atoms with Gasteiger partial charge in [-0.2, -0.15) is 0 Å². The summed E-state index contributed by atoms with van der Waals surface area (Å²) >= 11 is 0. The highest BCUT2D eigenvalue weighted by molar-refractivity contribution is 7.47. The van der Waals surface area contributed by atoms with Gasteiger partial charge in [-0.1, -0.05) is 116 Å². The molecule has 6 N–H and O–H groups in total. The molecule has 0 saturated heterocycles. The molecule has 0 bridgehead atoms. The van der Waals surface area contributed by atoms with Gasteiger partial charge in [0.25, 0.3) is 0 Å². The molecule has 51 heavy (non-hydrogen) atoms. The SMILES string of the molecule is CCCCCC/C=C/CCCCCCCCCC(=O)O[C@H](COC(=O)CCCCCCCCC)COP(=O)(O)OC1C(O)C(O)C(O)[C@@H](O)C1O. The summed E-state index contributed by atoms with van der Waals surface area (Å²) in [5.74, 6) is -1.11. The van der Waals surface area contributed by atoms with E-state index in [-0.39, 0.29) is 12.8 Å². The number of hydrogen-bond acceptors (Lipinski definition) is 12. The van der Waals surface area contributed by atoms with Gasteiger partial charge < -0.3 is 39.9 Å². The van der Waals surface area contributed by atoms with E-state index in [9.17, 15) is 44.6 Å². The first-order valence-electron chi connectivity index (χ1n) is 19.5. The molecule has 300 valence electrons. The van der Waals surface area contributed by atoms with Gasteiger partial charge in [0.05, 0.1) is 6.61 Å². The predicted octanol–water partition coefficient (Wildman–Crippen LogP) is 5.94. The molecule has 1 aliphatic rings. The van der Waals surface area contributed by atoms with Crippen molar-refractivity contribution in [2.24, 2.45) is 0 Å². The Kier molecular flexibility index (Phi) is 27.1. The summed E-state index contributed by atoms with van der Waals surface area (Å²) in [4.78, 5) is 35.3. The second-order valence-corrected chi connectivity index (χ2v) is 15.2. The van der Waals surface area contributed by atoms with Gasteiger partial charge in [-0.3, -0.25) is 18.6 Å². The fourth-order valence-electron chi connectivity index (χ4n) is 5.87. The zero-order valence-corrected chi connectivity index (χ0v) is 32.0. The summed E-state index contributed by atoms with van der Waals surface area (Å²) in [7, 11) is -5.10. The molecule has 14 heteroatoms. The normalized spacial score (nSPS) is 24.0. The van der Waals surface area contributed by atoms with Gasteiger partial charge in [0, 0.05) is 12.8 Å². The first kappa shape index (κ1) is 47.6. The third kappa shape index (κ3) is 22.4. The number of rotatable bonds is 31. The lowest BCUT2D eigenvalue weighted by Crippen LogP contribution is -2.64. The van der Waals surface area contributed by atoms with E-state index in [1.54, 1.807) is 0 Å². The molecular weight excluding hydrogens is 683 g/mol. The van der Waals surface area contributed by atoms with Gasteiger partial charge in [0.1, 0.15) is 43.2 Å². The van der Waals surface area contributed by atoms with Crippen molar-refractivity contribution >= 4 is 19.8 Å². The lowest BCUT2D eigenvalue weighted by molar-refractivity contribution is -0.220. The predicted molar refractivity (Wildman–Crippen MR) is 194 cm³/mol. The fraction of sp³-hybridized carbons (Fsp3) is 0.892. The van der Waals surface area contributed by atoms with Crippen LogP contribution in [0.15, 0.2) is 12.2 Å². The number of carbonyl (C=O) groups is 2. The molecule has 6 unspecified atom stereocenters. The highest BCUT2D eigenvalue weighted by Crippen LogP contribution is 2.47. The van der Waals surface area contributed by atoms with E-state index in [0.717, 1.165) is 70.6 Å². The molecule has 13 nitrogen and oxygen atoms in total. The van der Waals surface area contributed by atoms with Gasteiger partial charge in [0.15, 0.2) is 6.10 Å². The zero-order chi connectivity index (χ0) is 37.9. The standard InChI is InChI=1S/C37H69O13P/c1-3-5-7-9-11-12-13-14-15-16-17-18-20-22-24-26-31(39)49-29(27-47-30(38)25-23-21-19-10-8-6-4-2)28-48-51(45,46)50-37-35(43)33(41)32(40)34(42)36(37)44/h12-13,29,32-37,40-44H,3-11,14-28H2,1-2H3,(H,45,46)/b13-12+/t29-,32?,33-,34?,35?,36?,37?/m1/s1. The van der Waals surface area contributed by atoms with Gasteiger partial charge in [-0.05, 0) is 38.5 Å². The third-order valence-corrected chi connectivity index (χ3v) is 10.1. The minimum Gasteiger partial charge on any atom is -0.462 e. The summed E-state index contributed by atoms with van der Waals surface area (Å²) in [6, 6.07) is 0. The van der Waals surface area contributed by atoms with Gasteiger partial charge in [0.2, 0.25) is 0 Å². The maximum Gasteiger partial charge on any atom is 0.472 e. The van der Waals surface area contributed by atoms with Crippen LogP contribution in [0.1, 0.15) is 155 Å². The largest absolute Gasteiger partial charge is 0.472 e. The molecule has 1 saturated carbocycles. The average molecular weight is 753 g/mol. The fourth-order valence-corrected chi connectivity index (χ4v) is 6.84. The van der Waals surface area contributed by atoms with Gasteiger partial charge in [-0.15, -0.1) is 0 Å². The van der Waals surface area contributed by atoms with Crippen LogP contribution >= 0.6 is 7.82 Å². The third-order valence-electron chi connectivity index (χ3n) is 9.11. The minimum atomic E-state index is -5.10. The Bertz CT molecular complexity index is 964. The van der Waals surface area contributed by atoms with Gasteiger partial charge >= 0.3 is 19.8 Å². The number of carbonyl (C=O) groups excluding carboxylic acids is 2. The summed E-state index contributed by atoms with van der Waals surface area (Å²) < 4.78 is 33.2. The van der Waals surface area contributed by atoms with E-state index in [0.29, 0.717) is 12.8 Å². The maximum absolute atomic E-state index is 12.7. The molecule has 0 aromatic heterocycles. The first-order chi connectivity index (χ1) is 24.4. The van der Waals surface area contributed by atoms with Crippen LogP contribution in [0, 0.1) is 0 Å². The van der Waals surface area contributed by atoms with Crippen molar-refractivity contribution in [3.63, 3.8) is 0 Å². The van der Waals surface area contributed by atoms with E-state index in [2.05, 4.69) is 26.0 Å². The summed E-state index contributed by atoms with van der Waals surface area (Å²) in [6.45, 7) is 3.19. The quantitative estimate of drug-likeness (QED) is 0.0210. The minimum absolute atomic E-state index is 0.0946. The number of esters is 2. The van der Waals surface area contributed by atoms with Crippen molar-refractivity contribution in [2.75, 3.05) is 13.2 Å². The van der Waals surface area contributed by atoms with Crippen LogP contribution in [0.2, 0.25) is 0 Å². The Balaban J connectivity index is 2.51. The molecule has 0 spiro atoms. The molecule has 1 rings (SSSR count). The smallest absolute Gasteiger partial charge is 0.462 e. The summed E-state index contributed by atoms with van der Waals surface area (Å²) in [5, 5.41) is 49.8. The number of allylic oxidation sites excluding steroid dienone is 2. The molecule has 0 heterocycles. The Morgan fingerprint density at radius 2 is 1.00 bits per heavy atom. The Labute approximate surface area is 305 Å². The highest BCUT2D eigenvalue weighted by Gasteiger charge is 2.51. The Hall–Kier alpha value is -1.41.